The van der Waals surface area contributed by atoms with Crippen LogP contribution in [0.25, 0.3) is 21.6 Å². The molecule has 9 nitrogen and oxygen atoms in total. The fourth-order valence-electron chi connectivity index (χ4n) is 3.79. The number of thiophene rings is 1. The van der Waals surface area contributed by atoms with Crippen LogP contribution in [0.15, 0.2) is 24.3 Å². The maximum absolute atomic E-state index is 11.9. The van der Waals surface area contributed by atoms with Crippen molar-refractivity contribution in [1.29, 1.82) is 5.41 Å². The molecule has 3 heterocycles. The Hall–Kier alpha value is -2.60. The highest BCUT2D eigenvalue weighted by molar-refractivity contribution is 7.88. The molecular weight excluding hydrogens is 448 g/mol. The summed E-state index contributed by atoms with van der Waals surface area (Å²) in [6.45, 7) is 6.24. The van der Waals surface area contributed by atoms with Crippen molar-refractivity contribution in [3.05, 3.63) is 34.7 Å². The molecule has 1 aliphatic rings. The average Bonchev–Trinajstić information content (AvgIpc) is 3.17. The molecule has 0 unspecified atom stereocenters. The minimum Gasteiger partial charge on any atom is -0.398 e. The van der Waals surface area contributed by atoms with E-state index >= 15 is 0 Å². The largest absolute Gasteiger partial charge is 0.398 e. The van der Waals surface area contributed by atoms with Gasteiger partial charge in [-0.15, -0.1) is 11.3 Å². The molecule has 2 aromatic heterocycles. The van der Waals surface area contributed by atoms with Gasteiger partial charge in [0.25, 0.3) is 0 Å². The van der Waals surface area contributed by atoms with Gasteiger partial charge in [-0.05, 0) is 26.0 Å². The summed E-state index contributed by atoms with van der Waals surface area (Å²) in [4.78, 5) is 12.7. The number of anilines is 2. The predicted molar refractivity (Wildman–Crippen MR) is 129 cm³/mol. The first kappa shape index (κ1) is 22.6. The van der Waals surface area contributed by atoms with E-state index in [4.69, 9.17) is 25.8 Å². The monoisotopic (exact) mass is 474 g/mol. The Balaban J connectivity index is 1.93. The van der Waals surface area contributed by atoms with Crippen molar-refractivity contribution in [2.75, 3.05) is 43.2 Å². The topological polar surface area (TPSA) is 134 Å². The molecule has 0 radical (unpaired) electrons. The molecule has 170 valence electrons. The van der Waals surface area contributed by atoms with E-state index in [0.29, 0.717) is 48.9 Å². The maximum Gasteiger partial charge on any atom is 0.209 e. The van der Waals surface area contributed by atoms with E-state index in [1.54, 1.807) is 6.07 Å². The van der Waals surface area contributed by atoms with Gasteiger partial charge >= 0.3 is 0 Å². The second kappa shape index (κ2) is 8.39. The number of hydrogen-bond donors (Lipinski definition) is 3. The molecule has 1 saturated heterocycles. The lowest BCUT2D eigenvalue weighted by molar-refractivity contribution is 0.122. The summed E-state index contributed by atoms with van der Waals surface area (Å²) in [5.74, 6) is 1.25. The second-order valence-electron chi connectivity index (χ2n) is 8.25. The third kappa shape index (κ3) is 4.46. The van der Waals surface area contributed by atoms with Gasteiger partial charge in [0.05, 0.1) is 35.2 Å². The highest BCUT2D eigenvalue weighted by Gasteiger charge is 2.29. The van der Waals surface area contributed by atoms with Crippen LogP contribution >= 0.6 is 11.3 Å². The van der Waals surface area contributed by atoms with Crippen molar-refractivity contribution in [1.82, 2.24) is 14.7 Å². The number of morpholine rings is 1. The Morgan fingerprint density at radius 3 is 2.66 bits per heavy atom. The van der Waals surface area contributed by atoms with Crippen LogP contribution in [0, 0.1) is 5.41 Å². The Morgan fingerprint density at radius 1 is 1.28 bits per heavy atom. The predicted octanol–water partition coefficient (Wildman–Crippen LogP) is 2.56. The number of aromatic nitrogens is 2. The van der Waals surface area contributed by atoms with E-state index in [1.165, 1.54) is 17.6 Å². The number of sulfonamides is 1. The SMILES string of the molecule is CC(C)(NS(C)(=O)=O)c1cc2nc(-c3cccc(N)c3C=N)nc(N3CCOCC3)c2s1. The molecule has 4 rings (SSSR count). The highest BCUT2D eigenvalue weighted by Crippen LogP contribution is 2.39. The lowest BCUT2D eigenvalue weighted by atomic mass is 10.0. The van der Waals surface area contributed by atoms with Gasteiger partial charge in [0.15, 0.2) is 11.6 Å². The first-order valence-corrected chi connectivity index (χ1v) is 12.8. The molecule has 0 aliphatic carbocycles. The van der Waals surface area contributed by atoms with E-state index in [0.717, 1.165) is 27.2 Å². The summed E-state index contributed by atoms with van der Waals surface area (Å²) in [5.41, 5.74) is 7.73. The van der Waals surface area contributed by atoms with Crippen molar-refractivity contribution in [3.63, 3.8) is 0 Å². The molecule has 0 saturated carbocycles. The van der Waals surface area contributed by atoms with Gasteiger partial charge in [0.2, 0.25) is 10.0 Å². The summed E-state index contributed by atoms with van der Waals surface area (Å²) in [6, 6.07) is 7.32. The minimum absolute atomic E-state index is 0.475. The van der Waals surface area contributed by atoms with Crippen LogP contribution in [0.5, 0.6) is 0 Å². The molecule has 0 bridgehead atoms. The fraction of sp³-hybridized carbons (Fsp3) is 0.381. The van der Waals surface area contributed by atoms with Gasteiger partial charge in [-0.3, -0.25) is 0 Å². The number of benzene rings is 1. The van der Waals surface area contributed by atoms with Crippen LogP contribution < -0.4 is 15.4 Å². The second-order valence-corrected chi connectivity index (χ2v) is 11.0. The van der Waals surface area contributed by atoms with Gasteiger partial charge in [-0.1, -0.05) is 12.1 Å². The number of fused-ring (bicyclic) bond motifs is 1. The number of nitrogens with one attached hydrogen (secondary N) is 2. The van der Waals surface area contributed by atoms with Crippen molar-refractivity contribution < 1.29 is 13.2 Å². The number of rotatable bonds is 6. The highest BCUT2D eigenvalue weighted by atomic mass is 32.2. The van der Waals surface area contributed by atoms with E-state index < -0.39 is 15.6 Å². The standard InChI is InChI=1S/C21H26N6O3S2/c1-21(2,26-32(3,28)29)17-11-16-18(31-17)20(27-7-9-30-10-8-27)25-19(24-16)13-5-4-6-15(23)14(13)12-22/h4-6,11-12,22,26H,7-10,23H2,1-3H3. The molecule has 3 aromatic rings. The fourth-order valence-corrected chi connectivity index (χ4v) is 6.06. The van der Waals surface area contributed by atoms with Crippen molar-refractivity contribution in [2.24, 2.45) is 0 Å². The first-order chi connectivity index (χ1) is 15.1. The third-order valence-corrected chi connectivity index (χ3v) is 7.57. The van der Waals surface area contributed by atoms with E-state index in [2.05, 4.69) is 9.62 Å². The molecule has 11 heteroatoms. The Morgan fingerprint density at radius 2 is 2.00 bits per heavy atom. The molecule has 1 aliphatic heterocycles. The Kier molecular flexibility index (Phi) is 5.93. The molecule has 0 atom stereocenters. The molecule has 32 heavy (non-hydrogen) atoms. The minimum atomic E-state index is -3.41. The molecule has 0 spiro atoms. The smallest absolute Gasteiger partial charge is 0.209 e. The summed E-state index contributed by atoms with van der Waals surface area (Å²) in [7, 11) is -3.41. The van der Waals surface area contributed by atoms with Gasteiger partial charge in [-0.2, -0.15) is 0 Å². The lowest BCUT2D eigenvalue weighted by Gasteiger charge is -2.28. The zero-order valence-electron chi connectivity index (χ0n) is 18.2. The average molecular weight is 475 g/mol. The Bertz CT molecular complexity index is 1280. The van der Waals surface area contributed by atoms with Crippen LogP contribution in [0.4, 0.5) is 11.5 Å². The van der Waals surface area contributed by atoms with Crippen LogP contribution in [-0.4, -0.2) is 57.2 Å². The first-order valence-electron chi connectivity index (χ1n) is 10.1. The van der Waals surface area contributed by atoms with E-state index in [9.17, 15) is 8.42 Å². The van der Waals surface area contributed by atoms with Gasteiger partial charge in [-0.25, -0.2) is 23.1 Å². The van der Waals surface area contributed by atoms with Crippen LogP contribution in [0.2, 0.25) is 0 Å². The number of nitrogens with zero attached hydrogens (tertiary/aromatic N) is 3. The quantitative estimate of drug-likeness (QED) is 0.369. The summed E-state index contributed by atoms with van der Waals surface area (Å²) >= 11 is 1.48. The summed E-state index contributed by atoms with van der Waals surface area (Å²) < 4.78 is 32.9. The number of nitrogens with two attached hydrogens (primary N) is 1. The molecule has 1 fully saturated rings. The third-order valence-electron chi connectivity index (χ3n) is 5.25. The van der Waals surface area contributed by atoms with E-state index in [1.807, 2.05) is 32.0 Å². The van der Waals surface area contributed by atoms with Gasteiger partial charge < -0.3 is 20.8 Å². The normalized spacial score (nSPS) is 15.3. The van der Waals surface area contributed by atoms with Crippen LogP contribution in [0.1, 0.15) is 24.3 Å². The zero-order valence-corrected chi connectivity index (χ0v) is 19.8. The molecule has 4 N–H and O–H groups in total. The molecular formula is C21H26N6O3S2. The number of ether oxygens (including phenoxy) is 1. The molecule has 1 aromatic carbocycles. The zero-order chi connectivity index (χ0) is 23.1. The van der Waals surface area contributed by atoms with Crippen molar-refractivity contribution in [3.8, 4) is 11.4 Å². The lowest BCUT2D eigenvalue weighted by Crippen LogP contribution is -2.39. The Labute approximate surface area is 191 Å². The van der Waals surface area contributed by atoms with Crippen molar-refractivity contribution in [2.45, 2.75) is 19.4 Å². The van der Waals surface area contributed by atoms with Gasteiger partial charge in [0.1, 0.15) is 0 Å². The van der Waals surface area contributed by atoms with Crippen LogP contribution in [0.3, 0.4) is 0 Å². The van der Waals surface area contributed by atoms with Crippen LogP contribution in [-0.2, 0) is 20.3 Å². The van der Waals surface area contributed by atoms with E-state index in [-0.39, 0.29) is 0 Å². The molecule has 0 amide bonds. The number of hydrogen-bond acceptors (Lipinski definition) is 9. The maximum atomic E-state index is 11.9. The summed E-state index contributed by atoms with van der Waals surface area (Å²) in [6.07, 6.45) is 2.36. The van der Waals surface area contributed by atoms with Crippen molar-refractivity contribution >= 4 is 49.3 Å². The van der Waals surface area contributed by atoms with Gasteiger partial charge in [0, 0.05) is 41.0 Å². The summed E-state index contributed by atoms with van der Waals surface area (Å²) in [5, 5.41) is 7.81. The number of nitrogen functional groups attached to an aromatic ring is 1.